The Hall–Kier alpha value is -5.65. The first-order valence-corrected chi connectivity index (χ1v) is 14.7. The SMILES string of the molecule is CN(CCOc1cc(-c2cn[nH]c2)ccc1NC(=O)C1COc2ccc(F)cc2C1)Cc1ccccc1.O=C(O)C(F)(F)F.O=C(O)C(F)(F)F. The van der Waals surface area contributed by atoms with Gasteiger partial charge in [-0.15, -0.1) is 0 Å². The number of carboxylic acids is 2. The van der Waals surface area contributed by atoms with Crippen molar-refractivity contribution in [1.82, 2.24) is 15.1 Å². The molecule has 3 aromatic carbocycles. The average Bonchev–Trinajstić information content (AvgIpc) is 3.60. The fourth-order valence-corrected chi connectivity index (χ4v) is 4.39. The number of aromatic amines is 1. The van der Waals surface area contributed by atoms with Gasteiger partial charge in [0.05, 0.1) is 17.8 Å². The normalized spacial score (nSPS) is 13.7. The summed E-state index contributed by atoms with van der Waals surface area (Å²) in [6.45, 7) is 2.20. The van der Waals surface area contributed by atoms with Crippen LogP contribution < -0.4 is 14.8 Å². The molecule has 51 heavy (non-hydrogen) atoms. The van der Waals surface area contributed by atoms with E-state index in [2.05, 4.69) is 32.5 Å². The number of nitrogens with zero attached hydrogens (tertiary/aromatic N) is 2. The number of carbonyl (C=O) groups excluding carboxylic acids is 1. The number of aromatic nitrogens is 2. The van der Waals surface area contributed by atoms with Gasteiger partial charge in [-0.1, -0.05) is 36.4 Å². The van der Waals surface area contributed by atoms with Gasteiger partial charge >= 0.3 is 24.3 Å². The molecule has 1 unspecified atom stereocenters. The van der Waals surface area contributed by atoms with Crippen molar-refractivity contribution in [2.45, 2.75) is 25.3 Å². The molecule has 0 saturated heterocycles. The molecule has 5 rings (SSSR count). The average molecular weight is 729 g/mol. The van der Waals surface area contributed by atoms with Gasteiger partial charge in [0.15, 0.2) is 0 Å². The highest BCUT2D eigenvalue weighted by molar-refractivity contribution is 5.95. The summed E-state index contributed by atoms with van der Waals surface area (Å²) >= 11 is 0. The van der Waals surface area contributed by atoms with Crippen molar-refractivity contribution in [3.8, 4) is 22.6 Å². The van der Waals surface area contributed by atoms with Crippen molar-refractivity contribution in [2.75, 3.05) is 32.1 Å². The van der Waals surface area contributed by atoms with Crippen molar-refractivity contribution in [1.29, 1.82) is 0 Å². The minimum Gasteiger partial charge on any atom is -0.492 e. The van der Waals surface area contributed by atoms with Crippen molar-refractivity contribution in [3.63, 3.8) is 0 Å². The molecule has 18 heteroatoms. The van der Waals surface area contributed by atoms with E-state index in [0.717, 1.165) is 17.7 Å². The number of nitrogens with one attached hydrogen (secondary N) is 2. The number of alkyl halides is 6. The summed E-state index contributed by atoms with van der Waals surface area (Å²) in [7, 11) is 2.05. The molecular weight excluding hydrogens is 697 g/mol. The summed E-state index contributed by atoms with van der Waals surface area (Å²) < 4.78 is 89.1. The van der Waals surface area contributed by atoms with E-state index in [1.807, 2.05) is 43.4 Å². The highest BCUT2D eigenvalue weighted by Gasteiger charge is 2.39. The van der Waals surface area contributed by atoms with Crippen LogP contribution in [0.15, 0.2) is 79.1 Å². The minimum absolute atomic E-state index is 0.197. The first-order valence-electron chi connectivity index (χ1n) is 14.7. The second-order valence-corrected chi connectivity index (χ2v) is 10.8. The quantitative estimate of drug-likeness (QED) is 0.148. The van der Waals surface area contributed by atoms with E-state index in [4.69, 9.17) is 29.3 Å². The maximum Gasteiger partial charge on any atom is 0.490 e. The lowest BCUT2D eigenvalue weighted by Crippen LogP contribution is -2.32. The number of aliphatic carboxylic acids is 2. The number of carbonyl (C=O) groups is 3. The van der Waals surface area contributed by atoms with E-state index in [1.165, 1.54) is 17.7 Å². The molecule has 1 amide bonds. The van der Waals surface area contributed by atoms with E-state index in [-0.39, 0.29) is 18.3 Å². The number of anilines is 1. The van der Waals surface area contributed by atoms with E-state index in [0.29, 0.717) is 42.3 Å². The van der Waals surface area contributed by atoms with Gasteiger partial charge in [0.25, 0.3) is 0 Å². The van der Waals surface area contributed by atoms with Crippen LogP contribution in [0.3, 0.4) is 0 Å². The molecule has 1 aliphatic rings. The largest absolute Gasteiger partial charge is 0.492 e. The lowest BCUT2D eigenvalue weighted by molar-refractivity contribution is -0.193. The zero-order valence-electron chi connectivity index (χ0n) is 26.6. The second-order valence-electron chi connectivity index (χ2n) is 10.8. The van der Waals surface area contributed by atoms with Gasteiger partial charge in [0.1, 0.15) is 30.5 Å². The van der Waals surface area contributed by atoms with E-state index >= 15 is 0 Å². The topological polar surface area (TPSA) is 154 Å². The third-order valence-electron chi connectivity index (χ3n) is 6.88. The zero-order valence-corrected chi connectivity index (χ0v) is 26.6. The molecule has 0 saturated carbocycles. The highest BCUT2D eigenvalue weighted by Crippen LogP contribution is 2.33. The Labute approximate surface area is 285 Å². The van der Waals surface area contributed by atoms with Crippen molar-refractivity contribution in [3.05, 3.63) is 96.1 Å². The van der Waals surface area contributed by atoms with Gasteiger partial charge in [0.2, 0.25) is 5.91 Å². The molecule has 0 aliphatic carbocycles. The molecule has 11 nitrogen and oxygen atoms in total. The first kappa shape index (κ1) is 39.8. The molecule has 4 N–H and O–H groups in total. The number of ether oxygens (including phenoxy) is 2. The molecular formula is C33H31F7N4O7. The molecule has 0 fully saturated rings. The third-order valence-corrected chi connectivity index (χ3v) is 6.88. The Bertz CT molecular complexity index is 1730. The summed E-state index contributed by atoms with van der Waals surface area (Å²) in [6, 6.07) is 20.3. The van der Waals surface area contributed by atoms with Crippen LogP contribution in [0.1, 0.15) is 11.1 Å². The minimum atomic E-state index is -5.08. The van der Waals surface area contributed by atoms with Crippen molar-refractivity contribution < 1.29 is 64.8 Å². The predicted octanol–water partition coefficient (Wildman–Crippen LogP) is 6.18. The predicted molar refractivity (Wildman–Crippen MR) is 167 cm³/mol. The number of likely N-dealkylation sites (N-methyl/N-ethyl adjacent to an activating group) is 1. The molecule has 1 atom stereocenters. The number of H-pyrrole nitrogens is 1. The Balaban J connectivity index is 0.000000424. The standard InChI is InChI=1S/C29H29FN4O3.2C2HF3O2/c1-34(18-20-5-3-2-4-6-20)11-12-36-28-15-21(24-16-31-32-17-24)7-9-26(28)33-29(35)23-13-22-14-25(30)8-10-27(22)37-19-23;2*3-2(4,5)1(6)7/h2-10,14-17,23H,11-13,18-19H2,1H3,(H,31,32)(H,33,35);2*(H,6,7). The van der Waals surface area contributed by atoms with Gasteiger partial charge in [-0.2, -0.15) is 31.4 Å². The Morgan fingerprint density at radius 1 is 0.961 bits per heavy atom. The Kier molecular flexibility index (Phi) is 13.9. The molecule has 0 bridgehead atoms. The number of carboxylic acid groups (broad SMARTS) is 2. The summed E-state index contributed by atoms with van der Waals surface area (Å²) in [5, 5.41) is 24.1. The van der Waals surface area contributed by atoms with Gasteiger partial charge < -0.3 is 25.0 Å². The Morgan fingerprint density at radius 2 is 1.61 bits per heavy atom. The van der Waals surface area contributed by atoms with Crippen LogP contribution in [0.5, 0.6) is 11.5 Å². The maximum atomic E-state index is 13.7. The van der Waals surface area contributed by atoms with Gasteiger partial charge in [0, 0.05) is 24.8 Å². The van der Waals surface area contributed by atoms with Crippen LogP contribution >= 0.6 is 0 Å². The monoisotopic (exact) mass is 728 g/mol. The van der Waals surface area contributed by atoms with E-state index in [1.54, 1.807) is 18.5 Å². The van der Waals surface area contributed by atoms with Crippen LogP contribution in [0.25, 0.3) is 11.1 Å². The van der Waals surface area contributed by atoms with Crippen molar-refractivity contribution in [2.24, 2.45) is 5.92 Å². The summed E-state index contributed by atoms with van der Waals surface area (Å²) in [6.07, 6.45) is -6.21. The molecule has 2 heterocycles. The molecule has 0 spiro atoms. The van der Waals surface area contributed by atoms with Crippen LogP contribution in [-0.2, 0) is 27.3 Å². The van der Waals surface area contributed by atoms with Gasteiger partial charge in [-0.3, -0.25) is 14.8 Å². The molecule has 1 aliphatic heterocycles. The molecule has 274 valence electrons. The number of rotatable bonds is 9. The van der Waals surface area contributed by atoms with Crippen LogP contribution in [0.4, 0.5) is 36.4 Å². The lowest BCUT2D eigenvalue weighted by atomic mass is 9.95. The van der Waals surface area contributed by atoms with Crippen LogP contribution in [0, 0.1) is 11.7 Å². The molecule has 1 aromatic heterocycles. The summed E-state index contributed by atoms with van der Waals surface area (Å²) in [4.78, 5) is 33.1. The zero-order chi connectivity index (χ0) is 37.8. The fourth-order valence-electron chi connectivity index (χ4n) is 4.39. The summed E-state index contributed by atoms with van der Waals surface area (Å²) in [5.41, 5.74) is 4.34. The number of fused-ring (bicyclic) bond motifs is 1. The van der Waals surface area contributed by atoms with Gasteiger partial charge in [-0.25, -0.2) is 14.0 Å². The van der Waals surface area contributed by atoms with E-state index in [9.17, 15) is 35.5 Å². The number of halogens is 7. The molecule has 4 aromatic rings. The number of amides is 1. The number of hydrogen-bond donors (Lipinski definition) is 4. The molecule has 0 radical (unpaired) electrons. The Morgan fingerprint density at radius 3 is 2.20 bits per heavy atom. The number of benzene rings is 3. The summed E-state index contributed by atoms with van der Waals surface area (Å²) in [5.74, 6) is -5.29. The highest BCUT2D eigenvalue weighted by atomic mass is 19.4. The first-order chi connectivity index (χ1) is 23.9. The third kappa shape index (κ3) is 13.0. The maximum absolute atomic E-state index is 13.7. The second kappa shape index (κ2) is 17.8. The number of hydrogen-bond acceptors (Lipinski definition) is 7. The van der Waals surface area contributed by atoms with Gasteiger partial charge in [-0.05, 0) is 60.5 Å². The fraction of sp³-hybridized carbons (Fsp3) is 0.273. The van der Waals surface area contributed by atoms with Crippen LogP contribution in [0.2, 0.25) is 0 Å². The van der Waals surface area contributed by atoms with Crippen molar-refractivity contribution >= 4 is 23.5 Å². The lowest BCUT2D eigenvalue weighted by Gasteiger charge is -2.25. The smallest absolute Gasteiger partial charge is 0.490 e. The van der Waals surface area contributed by atoms with E-state index < -0.39 is 30.2 Å². The van der Waals surface area contributed by atoms with Crippen LogP contribution in [-0.4, -0.2) is 82.3 Å².